The van der Waals surface area contributed by atoms with Crippen molar-refractivity contribution in [3.05, 3.63) is 59.2 Å². The van der Waals surface area contributed by atoms with Crippen molar-refractivity contribution in [1.82, 2.24) is 5.32 Å². The Hall–Kier alpha value is -2.14. The number of ether oxygens (including phenoxy) is 2. The largest absolute Gasteiger partial charge is 0.494 e. The lowest BCUT2D eigenvalue weighted by Crippen LogP contribution is -2.05. The van der Waals surface area contributed by atoms with Gasteiger partial charge >= 0.3 is 0 Å². The van der Waals surface area contributed by atoms with Crippen molar-refractivity contribution in [2.75, 3.05) is 14.2 Å². The van der Waals surface area contributed by atoms with E-state index in [4.69, 9.17) is 9.47 Å². The maximum Gasteiger partial charge on any atom is 0.165 e. The van der Waals surface area contributed by atoms with E-state index >= 15 is 0 Å². The van der Waals surface area contributed by atoms with Crippen molar-refractivity contribution < 1.29 is 18.3 Å². The van der Waals surface area contributed by atoms with Crippen molar-refractivity contribution in [2.45, 2.75) is 13.2 Å². The fourth-order valence-corrected chi connectivity index (χ4v) is 1.94. The first kappa shape index (κ1) is 15.3. The molecule has 0 saturated heterocycles. The van der Waals surface area contributed by atoms with Gasteiger partial charge in [-0.15, -0.1) is 0 Å². The van der Waals surface area contributed by atoms with Crippen LogP contribution >= 0.6 is 0 Å². The molecule has 0 aliphatic rings. The van der Waals surface area contributed by atoms with Crippen LogP contribution in [0, 0.1) is 11.6 Å². The fourth-order valence-electron chi connectivity index (χ4n) is 1.94. The molecule has 0 saturated carbocycles. The van der Waals surface area contributed by atoms with Gasteiger partial charge in [0.25, 0.3) is 0 Å². The van der Waals surface area contributed by atoms with Crippen LogP contribution in [0.25, 0.3) is 0 Å². The van der Waals surface area contributed by atoms with Gasteiger partial charge < -0.3 is 14.8 Å². The zero-order valence-electron chi connectivity index (χ0n) is 12.0. The van der Waals surface area contributed by atoms with Gasteiger partial charge in [0.1, 0.15) is 6.61 Å². The van der Waals surface area contributed by atoms with Gasteiger partial charge in [0.2, 0.25) is 0 Å². The summed E-state index contributed by atoms with van der Waals surface area (Å²) in [5.41, 5.74) is 1.44. The van der Waals surface area contributed by atoms with Crippen LogP contribution in [0.2, 0.25) is 0 Å². The summed E-state index contributed by atoms with van der Waals surface area (Å²) in [5, 5.41) is 2.94. The minimum absolute atomic E-state index is 0.0865. The summed E-state index contributed by atoms with van der Waals surface area (Å²) in [4.78, 5) is 0. The van der Waals surface area contributed by atoms with Gasteiger partial charge in [0.15, 0.2) is 23.1 Å². The van der Waals surface area contributed by atoms with Crippen LogP contribution in [-0.2, 0) is 13.2 Å². The third-order valence-corrected chi connectivity index (χ3v) is 2.99. The highest BCUT2D eigenvalue weighted by Gasteiger charge is 2.07. The average molecular weight is 293 g/mol. The van der Waals surface area contributed by atoms with Crippen molar-refractivity contribution in [3.63, 3.8) is 0 Å². The summed E-state index contributed by atoms with van der Waals surface area (Å²) in [6, 6.07) is 9.27. The van der Waals surface area contributed by atoms with E-state index in [9.17, 15) is 8.78 Å². The van der Waals surface area contributed by atoms with Gasteiger partial charge in [-0.05, 0) is 42.4 Å². The number of hydrogen-bond donors (Lipinski definition) is 1. The van der Waals surface area contributed by atoms with Crippen molar-refractivity contribution in [3.8, 4) is 11.5 Å². The van der Waals surface area contributed by atoms with E-state index < -0.39 is 11.6 Å². The number of halogens is 2. The van der Waals surface area contributed by atoms with Crippen molar-refractivity contribution in [1.29, 1.82) is 0 Å². The number of benzene rings is 2. The number of rotatable bonds is 6. The van der Waals surface area contributed by atoms with Gasteiger partial charge in [-0.1, -0.05) is 12.1 Å². The summed E-state index contributed by atoms with van der Waals surface area (Å²) < 4.78 is 37.6. The SMILES string of the molecule is CNCc1ccc(OCc2ccc(OC)c(F)c2)c(F)c1. The van der Waals surface area contributed by atoms with Crippen LogP contribution in [0.3, 0.4) is 0 Å². The lowest BCUT2D eigenvalue weighted by Gasteiger charge is -2.10. The molecule has 1 N–H and O–H groups in total. The second-order valence-corrected chi connectivity index (χ2v) is 4.55. The Morgan fingerprint density at radius 1 is 0.952 bits per heavy atom. The number of hydrogen-bond acceptors (Lipinski definition) is 3. The molecular weight excluding hydrogens is 276 g/mol. The first-order valence-electron chi connectivity index (χ1n) is 6.52. The molecular formula is C16H17F2NO2. The van der Waals surface area contributed by atoms with Crippen LogP contribution in [0.4, 0.5) is 8.78 Å². The minimum Gasteiger partial charge on any atom is -0.494 e. The number of methoxy groups -OCH3 is 1. The highest BCUT2D eigenvalue weighted by atomic mass is 19.1. The molecule has 2 aromatic carbocycles. The van der Waals surface area contributed by atoms with E-state index in [-0.39, 0.29) is 18.1 Å². The van der Waals surface area contributed by atoms with Crippen molar-refractivity contribution >= 4 is 0 Å². The van der Waals surface area contributed by atoms with Crippen LogP contribution in [0.15, 0.2) is 36.4 Å². The minimum atomic E-state index is -0.469. The molecule has 2 rings (SSSR count). The fraction of sp³-hybridized carbons (Fsp3) is 0.250. The first-order valence-corrected chi connectivity index (χ1v) is 6.52. The molecule has 5 heteroatoms. The van der Waals surface area contributed by atoms with E-state index in [1.165, 1.54) is 25.3 Å². The summed E-state index contributed by atoms with van der Waals surface area (Å²) >= 11 is 0. The Bertz CT molecular complexity index is 617. The van der Waals surface area contributed by atoms with Gasteiger partial charge in [0.05, 0.1) is 7.11 Å². The smallest absolute Gasteiger partial charge is 0.165 e. The standard InChI is InChI=1S/C16H17F2NO2/c1-19-9-11-3-6-16(14(18)7-11)21-10-12-4-5-15(20-2)13(17)8-12/h3-8,19H,9-10H2,1-2H3. The Morgan fingerprint density at radius 2 is 1.57 bits per heavy atom. The molecule has 0 fully saturated rings. The zero-order valence-corrected chi connectivity index (χ0v) is 12.0. The Kier molecular flexibility index (Phi) is 5.11. The molecule has 0 unspecified atom stereocenters. The molecule has 0 atom stereocenters. The Balaban J connectivity index is 2.04. The van der Waals surface area contributed by atoms with Gasteiger partial charge in [-0.2, -0.15) is 0 Å². The lowest BCUT2D eigenvalue weighted by molar-refractivity contribution is 0.289. The van der Waals surface area contributed by atoms with E-state index in [2.05, 4.69) is 5.32 Å². The predicted molar refractivity (Wildman–Crippen MR) is 76.4 cm³/mol. The highest BCUT2D eigenvalue weighted by Crippen LogP contribution is 2.22. The number of nitrogens with one attached hydrogen (secondary N) is 1. The summed E-state index contributed by atoms with van der Waals surface area (Å²) in [5.74, 6) is -0.590. The monoisotopic (exact) mass is 293 g/mol. The van der Waals surface area contributed by atoms with Crippen LogP contribution in [0.5, 0.6) is 11.5 Å². The third kappa shape index (κ3) is 3.92. The van der Waals surface area contributed by atoms with Crippen LogP contribution in [0.1, 0.15) is 11.1 Å². The van der Waals surface area contributed by atoms with Crippen molar-refractivity contribution in [2.24, 2.45) is 0 Å². The molecule has 0 aliphatic carbocycles. The second kappa shape index (κ2) is 7.04. The molecule has 0 radical (unpaired) electrons. The molecule has 2 aromatic rings. The topological polar surface area (TPSA) is 30.5 Å². The molecule has 0 aromatic heterocycles. The summed E-state index contributed by atoms with van der Waals surface area (Å²) in [6.45, 7) is 0.671. The van der Waals surface area contributed by atoms with Gasteiger partial charge in [-0.25, -0.2) is 8.78 Å². The quantitative estimate of drug-likeness (QED) is 0.886. The van der Waals surface area contributed by atoms with E-state index in [0.717, 1.165) is 5.56 Å². The molecule has 112 valence electrons. The van der Waals surface area contributed by atoms with E-state index in [1.807, 2.05) is 0 Å². The molecule has 0 amide bonds. The van der Waals surface area contributed by atoms with Crippen LogP contribution < -0.4 is 14.8 Å². The predicted octanol–water partition coefficient (Wildman–Crippen LogP) is 3.27. The molecule has 0 spiro atoms. The first-order chi connectivity index (χ1) is 10.1. The third-order valence-electron chi connectivity index (χ3n) is 2.99. The molecule has 0 aliphatic heterocycles. The molecule has 0 heterocycles. The Labute approximate surface area is 122 Å². The molecule has 0 bridgehead atoms. The van der Waals surface area contributed by atoms with E-state index in [0.29, 0.717) is 12.1 Å². The normalized spacial score (nSPS) is 10.5. The van der Waals surface area contributed by atoms with Crippen LogP contribution in [-0.4, -0.2) is 14.2 Å². The maximum absolute atomic E-state index is 13.8. The van der Waals surface area contributed by atoms with Gasteiger partial charge in [0, 0.05) is 6.54 Å². The van der Waals surface area contributed by atoms with Gasteiger partial charge in [-0.3, -0.25) is 0 Å². The average Bonchev–Trinajstić information content (AvgIpc) is 2.47. The highest BCUT2D eigenvalue weighted by molar-refractivity contribution is 5.31. The molecule has 21 heavy (non-hydrogen) atoms. The zero-order chi connectivity index (χ0) is 15.2. The summed E-state index contributed by atoms with van der Waals surface area (Å²) in [6.07, 6.45) is 0. The maximum atomic E-state index is 13.8. The lowest BCUT2D eigenvalue weighted by atomic mass is 10.2. The Morgan fingerprint density at radius 3 is 2.19 bits per heavy atom. The molecule has 3 nitrogen and oxygen atoms in total. The van der Waals surface area contributed by atoms with E-state index in [1.54, 1.807) is 25.2 Å². The second-order valence-electron chi connectivity index (χ2n) is 4.55. The summed E-state index contributed by atoms with van der Waals surface area (Å²) in [7, 11) is 3.19.